The molecular weight excluding hydrogens is 348 g/mol. The van der Waals surface area contributed by atoms with Crippen molar-refractivity contribution in [1.29, 1.82) is 0 Å². The van der Waals surface area contributed by atoms with Crippen LogP contribution in [0.2, 0.25) is 0 Å². The number of nitrogens with zero attached hydrogens (tertiary/aromatic N) is 1. The van der Waals surface area contributed by atoms with E-state index in [1.165, 1.54) is 0 Å². The topological polar surface area (TPSA) is 72.6 Å². The molecule has 1 unspecified atom stereocenters. The van der Waals surface area contributed by atoms with Gasteiger partial charge in [-0.05, 0) is 17.7 Å². The summed E-state index contributed by atoms with van der Waals surface area (Å²) in [5.74, 6) is 0. The fraction of sp³-hybridized carbons (Fsp3) is 0.200. The van der Waals surface area contributed by atoms with E-state index in [2.05, 4.69) is 0 Å². The van der Waals surface area contributed by atoms with Gasteiger partial charge in [0.15, 0.2) is 0 Å². The summed E-state index contributed by atoms with van der Waals surface area (Å²) >= 11 is 0. The van der Waals surface area contributed by atoms with Crippen LogP contribution in [0, 0.1) is 0 Å². The summed E-state index contributed by atoms with van der Waals surface area (Å²) in [5, 5.41) is 1.48. The molecule has 0 spiro atoms. The molecule has 3 aromatic rings. The highest BCUT2D eigenvalue weighted by molar-refractivity contribution is 7.87. The maximum atomic E-state index is 13.0. The first-order chi connectivity index (χ1) is 12.4. The van der Waals surface area contributed by atoms with Gasteiger partial charge >= 0.3 is 0 Å². The zero-order chi connectivity index (χ0) is 18.7. The first kappa shape index (κ1) is 18.4. The third-order valence-electron chi connectivity index (χ3n) is 4.24. The molecule has 0 aromatic heterocycles. The SMILES string of the molecule is CN(C)c1cccc2c(S(=O)(=O)OC(CN)c3ccccc3)cccc12. The predicted molar refractivity (Wildman–Crippen MR) is 105 cm³/mol. The minimum Gasteiger partial charge on any atom is -0.377 e. The van der Waals surface area contributed by atoms with Gasteiger partial charge in [0.2, 0.25) is 0 Å². The summed E-state index contributed by atoms with van der Waals surface area (Å²) < 4.78 is 31.5. The van der Waals surface area contributed by atoms with Crippen LogP contribution in [-0.4, -0.2) is 29.1 Å². The molecular formula is C20H22N2O3S. The van der Waals surface area contributed by atoms with Crippen molar-refractivity contribution >= 4 is 26.6 Å². The molecule has 0 radical (unpaired) electrons. The molecule has 0 bridgehead atoms. The highest BCUT2D eigenvalue weighted by Gasteiger charge is 2.24. The Kier molecular flexibility index (Phi) is 5.27. The quantitative estimate of drug-likeness (QED) is 0.674. The van der Waals surface area contributed by atoms with E-state index in [1.54, 1.807) is 30.3 Å². The van der Waals surface area contributed by atoms with Crippen LogP contribution in [0.1, 0.15) is 11.7 Å². The number of anilines is 1. The van der Waals surface area contributed by atoms with Crippen LogP contribution in [0.3, 0.4) is 0 Å². The second kappa shape index (κ2) is 7.45. The van der Waals surface area contributed by atoms with Crippen LogP contribution in [0.25, 0.3) is 10.8 Å². The van der Waals surface area contributed by atoms with Crippen molar-refractivity contribution in [3.63, 3.8) is 0 Å². The van der Waals surface area contributed by atoms with Gasteiger partial charge in [0.25, 0.3) is 10.1 Å². The molecule has 0 aliphatic rings. The lowest BCUT2D eigenvalue weighted by atomic mass is 10.1. The second-order valence-electron chi connectivity index (χ2n) is 6.21. The Morgan fingerprint density at radius 2 is 1.58 bits per heavy atom. The van der Waals surface area contributed by atoms with Gasteiger partial charge in [-0.3, -0.25) is 4.18 Å². The van der Waals surface area contributed by atoms with E-state index in [9.17, 15) is 8.42 Å². The van der Waals surface area contributed by atoms with E-state index in [1.807, 2.05) is 55.4 Å². The Morgan fingerprint density at radius 1 is 0.923 bits per heavy atom. The maximum absolute atomic E-state index is 13.0. The highest BCUT2D eigenvalue weighted by Crippen LogP contribution is 2.32. The molecule has 6 heteroatoms. The van der Waals surface area contributed by atoms with Crippen LogP contribution in [-0.2, 0) is 14.3 Å². The van der Waals surface area contributed by atoms with Crippen LogP contribution in [0.4, 0.5) is 5.69 Å². The number of hydrogen-bond donors (Lipinski definition) is 1. The van der Waals surface area contributed by atoms with Gasteiger partial charge in [-0.15, -0.1) is 0 Å². The zero-order valence-electron chi connectivity index (χ0n) is 14.8. The van der Waals surface area contributed by atoms with Crippen molar-refractivity contribution in [2.45, 2.75) is 11.0 Å². The van der Waals surface area contributed by atoms with Gasteiger partial charge in [-0.2, -0.15) is 8.42 Å². The fourth-order valence-electron chi connectivity index (χ4n) is 2.98. The molecule has 5 nitrogen and oxygen atoms in total. The highest BCUT2D eigenvalue weighted by atomic mass is 32.2. The van der Waals surface area contributed by atoms with E-state index in [4.69, 9.17) is 9.92 Å². The van der Waals surface area contributed by atoms with Crippen LogP contribution in [0.5, 0.6) is 0 Å². The van der Waals surface area contributed by atoms with E-state index >= 15 is 0 Å². The lowest BCUT2D eigenvalue weighted by Crippen LogP contribution is -2.20. The molecule has 0 saturated heterocycles. The number of nitrogens with two attached hydrogens (primary N) is 1. The van der Waals surface area contributed by atoms with Gasteiger partial charge in [0, 0.05) is 37.1 Å². The van der Waals surface area contributed by atoms with Gasteiger partial charge in [-0.25, -0.2) is 0 Å². The Bertz CT molecular complexity index is 1000. The van der Waals surface area contributed by atoms with E-state index in [0.29, 0.717) is 5.39 Å². The third-order valence-corrected chi connectivity index (χ3v) is 5.62. The first-order valence-corrected chi connectivity index (χ1v) is 9.72. The van der Waals surface area contributed by atoms with Crippen LogP contribution < -0.4 is 10.6 Å². The molecule has 1 atom stereocenters. The lowest BCUT2D eigenvalue weighted by molar-refractivity contribution is 0.222. The van der Waals surface area contributed by atoms with Gasteiger partial charge in [-0.1, -0.05) is 54.6 Å². The van der Waals surface area contributed by atoms with Crippen molar-refractivity contribution in [2.75, 3.05) is 25.5 Å². The summed E-state index contributed by atoms with van der Waals surface area (Å²) in [6, 6.07) is 19.9. The summed E-state index contributed by atoms with van der Waals surface area (Å²) in [5.41, 5.74) is 7.44. The van der Waals surface area contributed by atoms with Gasteiger partial charge < -0.3 is 10.6 Å². The molecule has 2 N–H and O–H groups in total. The number of fused-ring (bicyclic) bond motifs is 1. The molecule has 26 heavy (non-hydrogen) atoms. The van der Waals surface area contributed by atoms with Gasteiger partial charge in [0.1, 0.15) is 11.0 Å². The van der Waals surface area contributed by atoms with E-state index in [0.717, 1.165) is 16.6 Å². The summed E-state index contributed by atoms with van der Waals surface area (Å²) in [7, 11) is -0.141. The first-order valence-electron chi connectivity index (χ1n) is 8.31. The molecule has 0 heterocycles. The predicted octanol–water partition coefficient (Wildman–Crippen LogP) is 3.31. The van der Waals surface area contributed by atoms with Crippen molar-refractivity contribution in [2.24, 2.45) is 5.73 Å². The fourth-order valence-corrected chi connectivity index (χ4v) is 4.27. The molecule has 0 fully saturated rings. The Balaban J connectivity index is 2.06. The van der Waals surface area contributed by atoms with Crippen molar-refractivity contribution in [3.8, 4) is 0 Å². The molecule has 3 rings (SSSR count). The molecule has 136 valence electrons. The van der Waals surface area contributed by atoms with Crippen molar-refractivity contribution in [3.05, 3.63) is 72.3 Å². The van der Waals surface area contributed by atoms with Crippen molar-refractivity contribution in [1.82, 2.24) is 0 Å². The minimum absolute atomic E-state index is 0.0664. The minimum atomic E-state index is -3.99. The van der Waals surface area contributed by atoms with Crippen molar-refractivity contribution < 1.29 is 12.6 Å². The molecule has 0 amide bonds. The Morgan fingerprint density at radius 3 is 2.23 bits per heavy atom. The average Bonchev–Trinajstić information content (AvgIpc) is 2.65. The van der Waals surface area contributed by atoms with Gasteiger partial charge in [0.05, 0.1) is 0 Å². The van der Waals surface area contributed by atoms with Crippen LogP contribution >= 0.6 is 0 Å². The molecule has 0 saturated carbocycles. The molecule has 3 aromatic carbocycles. The average molecular weight is 370 g/mol. The molecule has 0 aliphatic carbocycles. The maximum Gasteiger partial charge on any atom is 0.298 e. The summed E-state index contributed by atoms with van der Waals surface area (Å²) in [6.07, 6.45) is -0.728. The van der Waals surface area contributed by atoms with E-state index < -0.39 is 16.2 Å². The number of benzene rings is 3. The smallest absolute Gasteiger partial charge is 0.298 e. The Labute approximate surface area is 154 Å². The zero-order valence-corrected chi connectivity index (χ0v) is 15.6. The van der Waals surface area contributed by atoms with Crippen LogP contribution in [0.15, 0.2) is 71.6 Å². The second-order valence-corrected chi connectivity index (χ2v) is 7.75. The molecule has 0 aliphatic heterocycles. The largest absolute Gasteiger partial charge is 0.377 e. The number of rotatable bonds is 6. The number of hydrogen-bond acceptors (Lipinski definition) is 5. The summed E-state index contributed by atoms with van der Waals surface area (Å²) in [4.78, 5) is 2.10. The van der Waals surface area contributed by atoms with E-state index in [-0.39, 0.29) is 11.4 Å². The lowest BCUT2D eigenvalue weighted by Gasteiger charge is -2.19. The normalized spacial score (nSPS) is 12.9. The standard InChI is InChI=1S/C20H22N2O3S/c1-22(2)18-12-6-11-17-16(18)10-7-13-20(17)26(23,24)25-19(14-21)15-8-4-3-5-9-15/h3-13,19H,14,21H2,1-2H3. The Hall–Kier alpha value is -2.41. The summed E-state index contributed by atoms with van der Waals surface area (Å²) in [6.45, 7) is 0.0664. The third kappa shape index (κ3) is 3.58. The monoisotopic (exact) mass is 370 g/mol.